The first-order valence-electron chi connectivity index (χ1n) is 8.03. The van der Waals surface area contributed by atoms with E-state index in [0.717, 1.165) is 31.1 Å². The van der Waals surface area contributed by atoms with Crippen molar-refractivity contribution in [1.82, 2.24) is 10.3 Å². The third-order valence-electron chi connectivity index (χ3n) is 3.94. The highest BCUT2D eigenvalue weighted by molar-refractivity contribution is 5.93. The topological polar surface area (TPSA) is 93.6 Å². The van der Waals surface area contributed by atoms with Crippen LogP contribution in [0.15, 0.2) is 35.1 Å². The van der Waals surface area contributed by atoms with Gasteiger partial charge < -0.3 is 25.1 Å². The highest BCUT2D eigenvalue weighted by Crippen LogP contribution is 2.15. The molecule has 2 aromatic rings. The normalized spacial score (nSPS) is 16.4. The molecular weight excluding hydrogens is 379 g/mol. The number of anilines is 1. The van der Waals surface area contributed by atoms with Gasteiger partial charge in [0, 0.05) is 25.8 Å². The number of aromatic nitrogens is 1. The summed E-state index contributed by atoms with van der Waals surface area (Å²) in [6, 6.07) is 5.60. The van der Waals surface area contributed by atoms with Crippen molar-refractivity contribution in [2.24, 2.45) is 5.73 Å². The number of halogens is 2. The molecule has 3 heterocycles. The van der Waals surface area contributed by atoms with Crippen molar-refractivity contribution < 1.29 is 13.9 Å². The summed E-state index contributed by atoms with van der Waals surface area (Å²) in [7, 11) is 0. The lowest BCUT2D eigenvalue weighted by Crippen LogP contribution is -2.41. The number of furan rings is 1. The monoisotopic (exact) mass is 402 g/mol. The van der Waals surface area contributed by atoms with Gasteiger partial charge in [-0.3, -0.25) is 4.79 Å². The molecule has 0 radical (unpaired) electrons. The zero-order valence-corrected chi connectivity index (χ0v) is 16.1. The van der Waals surface area contributed by atoms with Gasteiger partial charge in [-0.15, -0.1) is 24.8 Å². The molecule has 1 fully saturated rings. The Labute approximate surface area is 165 Å². The molecule has 1 atom stereocenters. The maximum Gasteiger partial charge on any atom is 0.254 e. The largest absolute Gasteiger partial charge is 0.467 e. The van der Waals surface area contributed by atoms with Crippen LogP contribution in [0.4, 0.5) is 5.82 Å². The van der Waals surface area contributed by atoms with E-state index in [1.807, 2.05) is 12.1 Å². The van der Waals surface area contributed by atoms with Gasteiger partial charge in [-0.05, 0) is 24.6 Å². The van der Waals surface area contributed by atoms with Gasteiger partial charge in [-0.25, -0.2) is 4.98 Å². The predicted octanol–water partition coefficient (Wildman–Crippen LogP) is 2.13. The van der Waals surface area contributed by atoms with Gasteiger partial charge in [-0.2, -0.15) is 0 Å². The highest BCUT2D eigenvalue weighted by Gasteiger charge is 2.17. The van der Waals surface area contributed by atoms with Gasteiger partial charge in [0.15, 0.2) is 0 Å². The zero-order valence-electron chi connectivity index (χ0n) is 14.5. The van der Waals surface area contributed by atoms with Gasteiger partial charge in [0.25, 0.3) is 5.91 Å². The summed E-state index contributed by atoms with van der Waals surface area (Å²) in [5.74, 6) is 1.33. The molecule has 0 aliphatic carbocycles. The number of ether oxygens (including phenoxy) is 1. The summed E-state index contributed by atoms with van der Waals surface area (Å²) in [6.07, 6.45) is 3.42. The summed E-state index contributed by atoms with van der Waals surface area (Å²) in [6.45, 7) is 5.15. The van der Waals surface area contributed by atoms with Crippen LogP contribution in [0.1, 0.15) is 28.6 Å². The van der Waals surface area contributed by atoms with Crippen LogP contribution in [0.25, 0.3) is 0 Å². The fourth-order valence-corrected chi connectivity index (χ4v) is 2.63. The summed E-state index contributed by atoms with van der Waals surface area (Å²) in [5, 5.41) is 2.85. The highest BCUT2D eigenvalue weighted by atomic mass is 35.5. The molecule has 1 saturated heterocycles. The van der Waals surface area contributed by atoms with Gasteiger partial charge in [0.1, 0.15) is 17.8 Å². The Kier molecular flexibility index (Phi) is 8.87. The number of amides is 1. The Bertz CT molecular complexity index is 694. The minimum Gasteiger partial charge on any atom is -0.467 e. The minimum atomic E-state index is -0.190. The van der Waals surface area contributed by atoms with E-state index in [1.54, 1.807) is 12.3 Å². The average molecular weight is 403 g/mol. The smallest absolute Gasteiger partial charge is 0.254 e. The summed E-state index contributed by atoms with van der Waals surface area (Å²) < 4.78 is 10.7. The van der Waals surface area contributed by atoms with Crippen LogP contribution in [0.5, 0.6) is 0 Å². The van der Waals surface area contributed by atoms with E-state index in [4.69, 9.17) is 14.9 Å². The van der Waals surface area contributed by atoms with E-state index in [9.17, 15) is 4.79 Å². The first-order chi connectivity index (χ1) is 11.7. The van der Waals surface area contributed by atoms with Gasteiger partial charge in [0.2, 0.25) is 0 Å². The Morgan fingerprint density at radius 1 is 1.42 bits per heavy atom. The lowest BCUT2D eigenvalue weighted by atomic mass is 10.2. The van der Waals surface area contributed by atoms with E-state index in [-0.39, 0.29) is 43.4 Å². The van der Waals surface area contributed by atoms with Crippen LogP contribution in [-0.4, -0.2) is 36.7 Å². The van der Waals surface area contributed by atoms with Crippen molar-refractivity contribution in [2.45, 2.75) is 26.1 Å². The maximum atomic E-state index is 12.0. The maximum absolute atomic E-state index is 12.0. The molecular formula is C17H24Cl2N4O3. The van der Waals surface area contributed by atoms with Crippen molar-refractivity contribution >= 4 is 36.5 Å². The summed E-state index contributed by atoms with van der Waals surface area (Å²) >= 11 is 0. The van der Waals surface area contributed by atoms with Gasteiger partial charge in [-0.1, -0.05) is 6.07 Å². The van der Waals surface area contributed by atoms with Crippen LogP contribution in [-0.2, 0) is 17.8 Å². The Balaban J connectivity index is 0.00000169. The number of nitrogens with one attached hydrogen (secondary N) is 1. The molecule has 26 heavy (non-hydrogen) atoms. The van der Waals surface area contributed by atoms with E-state index in [2.05, 4.69) is 22.1 Å². The van der Waals surface area contributed by atoms with Crippen LogP contribution in [0.3, 0.4) is 0 Å². The average Bonchev–Trinajstić information content (AvgIpc) is 3.09. The lowest BCUT2D eigenvalue weighted by molar-refractivity contribution is 0.0529. The Morgan fingerprint density at radius 2 is 2.23 bits per heavy atom. The predicted molar refractivity (Wildman–Crippen MR) is 104 cm³/mol. The number of nitrogens with two attached hydrogens (primary N) is 1. The van der Waals surface area contributed by atoms with Crippen molar-refractivity contribution in [3.8, 4) is 0 Å². The fraction of sp³-hybridized carbons (Fsp3) is 0.412. The molecule has 1 amide bonds. The molecule has 1 unspecified atom stereocenters. The molecule has 1 aliphatic heterocycles. The number of nitrogens with zero attached hydrogens (tertiary/aromatic N) is 2. The fourth-order valence-electron chi connectivity index (χ4n) is 2.63. The standard InChI is InChI=1S/C17H22N4O3.2ClH/c1-12-10-21(4-5-23-12)16-3-2-13(8-19-16)9-20-17(22)14-6-15(7-18)24-11-14;;/h2-3,6,8,11-12H,4-5,7,9-10,18H2,1H3,(H,20,22);2*1H. The van der Waals surface area contributed by atoms with Crippen LogP contribution >= 0.6 is 24.8 Å². The van der Waals surface area contributed by atoms with E-state index in [1.165, 1.54) is 6.26 Å². The quantitative estimate of drug-likeness (QED) is 0.795. The first-order valence-corrected chi connectivity index (χ1v) is 8.03. The van der Waals surface area contributed by atoms with Crippen LogP contribution in [0, 0.1) is 0 Å². The third-order valence-corrected chi connectivity index (χ3v) is 3.94. The summed E-state index contributed by atoms with van der Waals surface area (Å²) in [4.78, 5) is 18.7. The second-order valence-electron chi connectivity index (χ2n) is 5.84. The molecule has 0 aromatic carbocycles. The number of pyridine rings is 1. The van der Waals surface area contributed by atoms with Crippen molar-refractivity contribution in [2.75, 3.05) is 24.6 Å². The minimum absolute atomic E-state index is 0. The molecule has 2 aromatic heterocycles. The second kappa shape index (κ2) is 10.4. The van der Waals surface area contributed by atoms with Crippen molar-refractivity contribution in [3.63, 3.8) is 0 Å². The summed E-state index contributed by atoms with van der Waals surface area (Å²) in [5.41, 5.74) is 6.88. The molecule has 7 nitrogen and oxygen atoms in total. The van der Waals surface area contributed by atoms with E-state index >= 15 is 0 Å². The van der Waals surface area contributed by atoms with E-state index in [0.29, 0.717) is 17.9 Å². The molecule has 0 spiro atoms. The molecule has 3 rings (SSSR count). The SMILES string of the molecule is CC1CN(c2ccc(CNC(=O)c3coc(CN)c3)cn2)CCO1.Cl.Cl. The Hall–Kier alpha value is -1.80. The van der Waals surface area contributed by atoms with Crippen LogP contribution in [0.2, 0.25) is 0 Å². The number of carbonyl (C=O) groups excluding carboxylic acids is 1. The van der Waals surface area contributed by atoms with Gasteiger partial charge in [0.05, 0.1) is 24.8 Å². The third kappa shape index (κ3) is 5.60. The number of carbonyl (C=O) groups is 1. The number of rotatable bonds is 5. The zero-order chi connectivity index (χ0) is 16.9. The molecule has 0 saturated carbocycles. The van der Waals surface area contributed by atoms with E-state index < -0.39 is 0 Å². The second-order valence-corrected chi connectivity index (χ2v) is 5.84. The van der Waals surface area contributed by atoms with Crippen molar-refractivity contribution in [1.29, 1.82) is 0 Å². The molecule has 1 aliphatic rings. The Morgan fingerprint density at radius 3 is 2.85 bits per heavy atom. The van der Waals surface area contributed by atoms with Crippen LogP contribution < -0.4 is 16.0 Å². The number of hydrogen-bond acceptors (Lipinski definition) is 6. The van der Waals surface area contributed by atoms with Crippen molar-refractivity contribution in [3.05, 3.63) is 47.5 Å². The number of morpholine rings is 1. The molecule has 0 bridgehead atoms. The lowest BCUT2D eigenvalue weighted by Gasteiger charge is -2.32. The van der Waals surface area contributed by atoms with Gasteiger partial charge >= 0.3 is 0 Å². The molecule has 3 N–H and O–H groups in total. The molecule has 9 heteroatoms. The number of hydrogen-bond donors (Lipinski definition) is 2. The molecule has 144 valence electrons. The first kappa shape index (κ1) is 22.2.